The Morgan fingerprint density at radius 1 is 1.00 bits per heavy atom. The van der Waals surface area contributed by atoms with Crippen molar-refractivity contribution in [2.24, 2.45) is 0 Å². The van der Waals surface area contributed by atoms with E-state index in [2.05, 4.69) is 43.3 Å². The fourth-order valence-corrected chi connectivity index (χ4v) is 2.00. The van der Waals surface area contributed by atoms with Gasteiger partial charge in [-0.1, -0.05) is 36.4 Å². The number of hydrogen-bond donors (Lipinski definition) is 1. The molecule has 0 unspecified atom stereocenters. The van der Waals surface area contributed by atoms with Gasteiger partial charge in [0.1, 0.15) is 0 Å². The molecule has 0 aliphatic heterocycles. The Hall–Kier alpha value is -1.34. The third-order valence-corrected chi connectivity index (χ3v) is 2.84. The van der Waals surface area contributed by atoms with Gasteiger partial charge in [0, 0.05) is 6.61 Å². The number of rotatable bonds is 3. The van der Waals surface area contributed by atoms with Gasteiger partial charge < -0.3 is 5.11 Å². The number of hydrogen-bond acceptors (Lipinski definition) is 1. The Kier molecular flexibility index (Phi) is 3.02. The van der Waals surface area contributed by atoms with Crippen LogP contribution >= 0.6 is 0 Å². The predicted octanol–water partition coefficient (Wildman–Crippen LogP) is 3.07. The molecule has 0 radical (unpaired) electrons. The fraction of sp³-hybridized carbons (Fsp3) is 0.286. The highest BCUT2D eigenvalue weighted by atomic mass is 16.2. The van der Waals surface area contributed by atoms with Crippen LogP contribution in [-0.4, -0.2) is 11.7 Å². The van der Waals surface area contributed by atoms with E-state index in [-0.39, 0.29) is 6.61 Å². The molecule has 0 saturated heterocycles. The minimum Gasteiger partial charge on any atom is -0.396 e. The fourth-order valence-electron chi connectivity index (χ4n) is 2.00. The predicted molar refractivity (Wildman–Crippen MR) is 64.1 cm³/mol. The molecule has 0 aromatic heterocycles. The lowest BCUT2D eigenvalue weighted by atomic mass is 9.98. The number of fused-ring (bicyclic) bond motifs is 1. The van der Waals surface area contributed by atoms with Crippen LogP contribution in [0.15, 0.2) is 36.4 Å². The lowest BCUT2D eigenvalue weighted by Crippen LogP contribution is -1.92. The normalized spacial score (nSPS) is 10.8. The number of benzene rings is 2. The van der Waals surface area contributed by atoms with E-state index in [1.807, 2.05) is 0 Å². The van der Waals surface area contributed by atoms with E-state index in [1.165, 1.54) is 21.9 Å². The van der Waals surface area contributed by atoms with E-state index in [9.17, 15) is 0 Å². The Labute approximate surface area is 90.4 Å². The molecule has 0 bridgehead atoms. The molecule has 78 valence electrons. The molecule has 0 spiro atoms. The van der Waals surface area contributed by atoms with Crippen molar-refractivity contribution in [2.45, 2.75) is 19.8 Å². The van der Waals surface area contributed by atoms with Crippen molar-refractivity contribution in [3.8, 4) is 0 Å². The topological polar surface area (TPSA) is 20.2 Å². The van der Waals surface area contributed by atoms with E-state index < -0.39 is 0 Å². The molecule has 15 heavy (non-hydrogen) atoms. The third-order valence-electron chi connectivity index (χ3n) is 2.84. The van der Waals surface area contributed by atoms with Gasteiger partial charge in [-0.05, 0) is 41.7 Å². The van der Waals surface area contributed by atoms with Gasteiger partial charge in [-0.3, -0.25) is 0 Å². The summed E-state index contributed by atoms with van der Waals surface area (Å²) < 4.78 is 0. The first-order chi connectivity index (χ1) is 7.33. The number of aliphatic hydroxyl groups excluding tert-OH is 1. The summed E-state index contributed by atoms with van der Waals surface area (Å²) in [4.78, 5) is 0. The van der Waals surface area contributed by atoms with E-state index in [0.717, 1.165) is 12.8 Å². The summed E-state index contributed by atoms with van der Waals surface area (Å²) in [5.74, 6) is 0. The average molecular weight is 200 g/mol. The Bertz CT molecular complexity index is 460. The summed E-state index contributed by atoms with van der Waals surface area (Å²) in [6.07, 6.45) is 1.80. The van der Waals surface area contributed by atoms with Crippen LogP contribution in [0, 0.1) is 6.92 Å². The molecule has 0 heterocycles. The molecule has 0 amide bonds. The number of aliphatic hydroxyl groups is 1. The van der Waals surface area contributed by atoms with E-state index in [0.29, 0.717) is 0 Å². The van der Waals surface area contributed by atoms with Crippen molar-refractivity contribution in [1.82, 2.24) is 0 Å². The summed E-state index contributed by atoms with van der Waals surface area (Å²) >= 11 is 0. The van der Waals surface area contributed by atoms with Crippen LogP contribution in [0.2, 0.25) is 0 Å². The van der Waals surface area contributed by atoms with E-state index in [1.54, 1.807) is 0 Å². The highest BCUT2D eigenvalue weighted by molar-refractivity contribution is 5.88. The van der Waals surface area contributed by atoms with Gasteiger partial charge in [-0.15, -0.1) is 0 Å². The van der Waals surface area contributed by atoms with Crippen LogP contribution in [0.4, 0.5) is 0 Å². The molecule has 0 saturated carbocycles. The van der Waals surface area contributed by atoms with Crippen LogP contribution in [0.25, 0.3) is 10.8 Å². The maximum absolute atomic E-state index is 8.85. The zero-order valence-electron chi connectivity index (χ0n) is 9.03. The highest BCUT2D eigenvalue weighted by Crippen LogP contribution is 2.23. The summed E-state index contributed by atoms with van der Waals surface area (Å²) in [5.41, 5.74) is 2.66. The summed E-state index contributed by atoms with van der Waals surface area (Å²) in [6, 6.07) is 12.8. The largest absolute Gasteiger partial charge is 0.396 e. The maximum Gasteiger partial charge on any atom is 0.0434 e. The zero-order chi connectivity index (χ0) is 10.7. The van der Waals surface area contributed by atoms with Crippen LogP contribution in [-0.2, 0) is 6.42 Å². The highest BCUT2D eigenvalue weighted by Gasteiger charge is 2.02. The molecule has 1 heteroatoms. The maximum atomic E-state index is 8.85. The lowest BCUT2D eigenvalue weighted by Gasteiger charge is -2.08. The van der Waals surface area contributed by atoms with Gasteiger partial charge in [0.25, 0.3) is 0 Å². The van der Waals surface area contributed by atoms with E-state index >= 15 is 0 Å². The lowest BCUT2D eigenvalue weighted by molar-refractivity contribution is 0.289. The standard InChI is InChI=1S/C14H16O/c1-11-8-9-12(5-4-10-15)14-7-3-2-6-13(11)14/h2-3,6-9,15H,4-5,10H2,1H3. The van der Waals surface area contributed by atoms with Gasteiger partial charge >= 0.3 is 0 Å². The Morgan fingerprint density at radius 3 is 2.47 bits per heavy atom. The molecular weight excluding hydrogens is 184 g/mol. The van der Waals surface area contributed by atoms with Crippen LogP contribution in [0.5, 0.6) is 0 Å². The minimum absolute atomic E-state index is 0.266. The number of aryl methyl sites for hydroxylation is 2. The average Bonchev–Trinajstić information content (AvgIpc) is 2.29. The molecule has 1 N–H and O–H groups in total. The second-order valence-electron chi connectivity index (χ2n) is 3.91. The third kappa shape index (κ3) is 2.02. The van der Waals surface area contributed by atoms with Crippen molar-refractivity contribution < 1.29 is 5.11 Å². The smallest absolute Gasteiger partial charge is 0.0434 e. The van der Waals surface area contributed by atoms with Gasteiger partial charge in [-0.25, -0.2) is 0 Å². The van der Waals surface area contributed by atoms with Crippen molar-refractivity contribution in [3.05, 3.63) is 47.5 Å². The molecule has 0 aliphatic carbocycles. The molecule has 0 fully saturated rings. The SMILES string of the molecule is Cc1ccc(CCCO)c2ccccc12. The van der Waals surface area contributed by atoms with Crippen molar-refractivity contribution in [3.63, 3.8) is 0 Å². The van der Waals surface area contributed by atoms with Crippen molar-refractivity contribution in [2.75, 3.05) is 6.61 Å². The first-order valence-corrected chi connectivity index (χ1v) is 5.41. The van der Waals surface area contributed by atoms with Crippen LogP contribution in [0.1, 0.15) is 17.5 Å². The Balaban J connectivity index is 2.51. The minimum atomic E-state index is 0.266. The van der Waals surface area contributed by atoms with Crippen molar-refractivity contribution >= 4 is 10.8 Å². The van der Waals surface area contributed by atoms with Gasteiger partial charge in [0.2, 0.25) is 0 Å². The summed E-state index contributed by atoms with van der Waals surface area (Å²) in [5, 5.41) is 11.5. The first-order valence-electron chi connectivity index (χ1n) is 5.41. The first kappa shape index (κ1) is 10.2. The molecule has 2 aromatic carbocycles. The van der Waals surface area contributed by atoms with Gasteiger partial charge in [0.15, 0.2) is 0 Å². The van der Waals surface area contributed by atoms with Gasteiger partial charge in [0.05, 0.1) is 0 Å². The molecule has 2 aromatic rings. The monoisotopic (exact) mass is 200 g/mol. The van der Waals surface area contributed by atoms with E-state index in [4.69, 9.17) is 5.11 Å². The van der Waals surface area contributed by atoms with Crippen molar-refractivity contribution in [1.29, 1.82) is 0 Å². The second-order valence-corrected chi connectivity index (χ2v) is 3.91. The molecule has 0 atom stereocenters. The Morgan fingerprint density at radius 2 is 1.73 bits per heavy atom. The van der Waals surface area contributed by atoms with Crippen LogP contribution < -0.4 is 0 Å². The van der Waals surface area contributed by atoms with Crippen LogP contribution in [0.3, 0.4) is 0 Å². The molecule has 2 rings (SSSR count). The molecule has 1 nitrogen and oxygen atoms in total. The van der Waals surface area contributed by atoms with Gasteiger partial charge in [-0.2, -0.15) is 0 Å². The summed E-state index contributed by atoms with van der Waals surface area (Å²) in [7, 11) is 0. The quantitative estimate of drug-likeness (QED) is 0.807. The molecular formula is C14H16O. The molecule has 0 aliphatic rings. The zero-order valence-corrected chi connectivity index (χ0v) is 9.03. The second kappa shape index (κ2) is 4.45. The summed E-state index contributed by atoms with van der Waals surface area (Å²) in [6.45, 7) is 2.40.